The molecule has 31 heavy (non-hydrogen) atoms. The smallest absolute Gasteiger partial charge is 0.0594 e. The first-order valence-electron chi connectivity index (χ1n) is 14.1. The minimum atomic E-state index is -0.103. The monoisotopic (exact) mass is 430 g/mol. The van der Waals surface area contributed by atoms with Crippen LogP contribution in [0.3, 0.4) is 0 Å². The van der Waals surface area contributed by atoms with E-state index in [0.29, 0.717) is 22.2 Å². The fraction of sp³-hybridized carbons (Fsp3) is 1.00. The lowest BCUT2D eigenvalue weighted by molar-refractivity contribution is -0.200. The van der Waals surface area contributed by atoms with E-state index >= 15 is 0 Å². The number of aliphatic hydroxyl groups excluding tert-OH is 1. The van der Waals surface area contributed by atoms with Gasteiger partial charge in [0.15, 0.2) is 0 Å². The van der Waals surface area contributed by atoms with Crippen LogP contribution in [0.2, 0.25) is 0 Å². The van der Waals surface area contributed by atoms with Gasteiger partial charge >= 0.3 is 0 Å². The summed E-state index contributed by atoms with van der Waals surface area (Å²) in [5, 5.41) is 10.8. The first-order chi connectivity index (χ1) is 14.4. The normalized spacial score (nSPS) is 49.9. The summed E-state index contributed by atoms with van der Waals surface area (Å²) in [6.45, 7) is 20.2. The molecule has 4 rings (SSSR count). The van der Waals surface area contributed by atoms with Crippen LogP contribution >= 0.6 is 0 Å². The third-order valence-electron chi connectivity index (χ3n) is 12.6. The molecule has 1 N–H and O–H groups in total. The maximum atomic E-state index is 10.8. The van der Waals surface area contributed by atoms with Gasteiger partial charge in [0.25, 0.3) is 0 Å². The summed E-state index contributed by atoms with van der Waals surface area (Å²) < 4.78 is 0. The Labute approximate surface area is 194 Å². The predicted octanol–water partition coefficient (Wildman–Crippen LogP) is 8.49. The van der Waals surface area contributed by atoms with Gasteiger partial charge in [-0.15, -0.1) is 0 Å². The summed E-state index contributed by atoms with van der Waals surface area (Å²) in [6.07, 6.45) is 15.0. The van der Waals surface area contributed by atoms with Crippen LogP contribution in [-0.2, 0) is 0 Å². The molecule has 0 aliphatic heterocycles. The first-order valence-corrected chi connectivity index (χ1v) is 14.1. The van der Waals surface area contributed by atoms with Crippen LogP contribution in [0.4, 0.5) is 0 Å². The van der Waals surface area contributed by atoms with Gasteiger partial charge in [-0.05, 0) is 109 Å². The van der Waals surface area contributed by atoms with Gasteiger partial charge < -0.3 is 5.11 Å². The van der Waals surface area contributed by atoms with Crippen molar-refractivity contribution >= 4 is 0 Å². The van der Waals surface area contributed by atoms with E-state index in [1.807, 2.05) is 0 Å². The molecule has 4 saturated carbocycles. The summed E-state index contributed by atoms with van der Waals surface area (Å²) in [7, 11) is 0. The Morgan fingerprint density at radius 1 is 0.742 bits per heavy atom. The molecule has 4 aliphatic carbocycles. The largest absolute Gasteiger partial charge is 0.393 e. The van der Waals surface area contributed by atoms with E-state index < -0.39 is 0 Å². The van der Waals surface area contributed by atoms with Crippen molar-refractivity contribution in [3.8, 4) is 0 Å². The van der Waals surface area contributed by atoms with Gasteiger partial charge in [-0.1, -0.05) is 74.7 Å². The van der Waals surface area contributed by atoms with Crippen LogP contribution in [-0.4, -0.2) is 11.2 Å². The topological polar surface area (TPSA) is 20.2 Å². The second-order valence-electron chi connectivity index (χ2n) is 14.5. The number of rotatable bonds is 5. The Balaban J connectivity index is 1.56. The maximum absolute atomic E-state index is 10.8. The van der Waals surface area contributed by atoms with Gasteiger partial charge in [0.1, 0.15) is 0 Å². The summed E-state index contributed by atoms with van der Waals surface area (Å²) in [4.78, 5) is 0. The molecule has 4 fully saturated rings. The third kappa shape index (κ3) is 3.49. The summed E-state index contributed by atoms with van der Waals surface area (Å²) >= 11 is 0. The highest BCUT2D eigenvalue weighted by Crippen LogP contribution is 2.74. The van der Waals surface area contributed by atoms with Gasteiger partial charge in [0.05, 0.1) is 6.10 Å². The molecule has 0 heterocycles. The van der Waals surface area contributed by atoms with Gasteiger partial charge in [0.2, 0.25) is 0 Å². The number of aliphatic hydroxyl groups is 1. The molecule has 0 aromatic carbocycles. The molecule has 0 radical (unpaired) electrons. The summed E-state index contributed by atoms with van der Waals surface area (Å²) in [5.41, 5.74) is 1.60. The Morgan fingerprint density at radius 2 is 1.42 bits per heavy atom. The van der Waals surface area contributed by atoms with Crippen LogP contribution in [0.25, 0.3) is 0 Å². The van der Waals surface area contributed by atoms with E-state index in [4.69, 9.17) is 0 Å². The Morgan fingerprint density at radius 3 is 2.10 bits per heavy atom. The van der Waals surface area contributed by atoms with Crippen LogP contribution in [0.5, 0.6) is 0 Å². The molecule has 0 amide bonds. The van der Waals surface area contributed by atoms with Crippen LogP contribution < -0.4 is 0 Å². The second kappa shape index (κ2) is 8.02. The molecule has 0 aromatic heterocycles. The average Bonchev–Trinajstić information content (AvgIpc) is 2.96. The standard InChI is InChI=1S/C30H54O/c1-20(2)10-9-11-21(3)22-14-18-30(8)24-12-13-25-27(4,5)26(31)16-17-28(25,6)23(24)15-19-29(22,30)7/h20-26,31H,9-19H2,1-8H3. The second-order valence-corrected chi connectivity index (χ2v) is 14.5. The predicted molar refractivity (Wildman–Crippen MR) is 133 cm³/mol. The lowest BCUT2D eigenvalue weighted by atomic mass is 9.38. The molecule has 9 unspecified atom stereocenters. The SMILES string of the molecule is CC(C)CCCC(C)C1CCC2(C)C3CCC4C(C)(C)C(O)CCC4(C)C3CCC12C. The van der Waals surface area contributed by atoms with Crippen LogP contribution in [0.15, 0.2) is 0 Å². The van der Waals surface area contributed by atoms with E-state index in [2.05, 4.69) is 55.4 Å². The van der Waals surface area contributed by atoms with Crippen molar-refractivity contribution in [1.82, 2.24) is 0 Å². The number of fused-ring (bicyclic) bond motifs is 5. The average molecular weight is 431 g/mol. The van der Waals surface area contributed by atoms with Crippen molar-refractivity contribution < 1.29 is 5.11 Å². The minimum Gasteiger partial charge on any atom is -0.393 e. The molecule has 9 atom stereocenters. The highest BCUT2D eigenvalue weighted by atomic mass is 16.3. The summed E-state index contributed by atoms with van der Waals surface area (Å²) in [5.74, 6) is 5.16. The third-order valence-corrected chi connectivity index (χ3v) is 12.6. The molecule has 0 saturated heterocycles. The van der Waals surface area contributed by atoms with Crippen molar-refractivity contribution in [3.05, 3.63) is 0 Å². The van der Waals surface area contributed by atoms with E-state index in [0.717, 1.165) is 36.0 Å². The highest BCUT2D eigenvalue weighted by molar-refractivity contribution is 5.16. The van der Waals surface area contributed by atoms with E-state index in [-0.39, 0.29) is 11.5 Å². The fourth-order valence-corrected chi connectivity index (χ4v) is 10.5. The van der Waals surface area contributed by atoms with Gasteiger partial charge in [-0.25, -0.2) is 0 Å². The maximum Gasteiger partial charge on any atom is 0.0594 e. The zero-order valence-corrected chi connectivity index (χ0v) is 22.3. The Kier molecular flexibility index (Phi) is 6.24. The zero-order valence-electron chi connectivity index (χ0n) is 22.3. The quantitative estimate of drug-likeness (QED) is 0.463. The molecule has 4 aliphatic rings. The molecular weight excluding hydrogens is 376 g/mol. The van der Waals surface area contributed by atoms with Gasteiger partial charge in [-0.3, -0.25) is 0 Å². The molecule has 1 nitrogen and oxygen atoms in total. The van der Waals surface area contributed by atoms with E-state index in [1.54, 1.807) is 0 Å². The Hall–Kier alpha value is -0.0400. The first kappa shape index (κ1) is 24.1. The molecule has 0 spiro atoms. The lowest BCUT2D eigenvalue weighted by Crippen LogP contribution is -2.61. The van der Waals surface area contributed by atoms with Crippen molar-refractivity contribution in [2.75, 3.05) is 0 Å². The van der Waals surface area contributed by atoms with Crippen molar-refractivity contribution in [2.45, 2.75) is 132 Å². The van der Waals surface area contributed by atoms with Crippen LogP contribution in [0.1, 0.15) is 126 Å². The number of hydrogen-bond donors (Lipinski definition) is 1. The molecule has 0 bridgehead atoms. The highest BCUT2D eigenvalue weighted by Gasteiger charge is 2.67. The summed E-state index contributed by atoms with van der Waals surface area (Å²) in [6, 6.07) is 0. The fourth-order valence-electron chi connectivity index (χ4n) is 10.5. The van der Waals surface area contributed by atoms with Crippen LogP contribution in [0, 0.1) is 57.2 Å². The van der Waals surface area contributed by atoms with Gasteiger partial charge in [0, 0.05) is 0 Å². The molecule has 180 valence electrons. The number of hydrogen-bond acceptors (Lipinski definition) is 1. The zero-order chi connectivity index (χ0) is 22.8. The van der Waals surface area contributed by atoms with Crippen molar-refractivity contribution in [2.24, 2.45) is 57.2 Å². The van der Waals surface area contributed by atoms with E-state index in [9.17, 15) is 5.11 Å². The Bertz CT molecular complexity index is 651. The molecular formula is C30H54O. The van der Waals surface area contributed by atoms with Gasteiger partial charge in [-0.2, -0.15) is 0 Å². The molecule has 0 aromatic rings. The molecule has 1 heteroatoms. The minimum absolute atomic E-state index is 0.0861. The van der Waals surface area contributed by atoms with E-state index in [1.165, 1.54) is 64.2 Å². The van der Waals surface area contributed by atoms with Crippen molar-refractivity contribution in [1.29, 1.82) is 0 Å². The lowest BCUT2D eigenvalue weighted by Gasteiger charge is -2.67. The van der Waals surface area contributed by atoms with Crippen molar-refractivity contribution in [3.63, 3.8) is 0 Å².